The van der Waals surface area contributed by atoms with Crippen molar-refractivity contribution in [3.8, 4) is 0 Å². The lowest BCUT2D eigenvalue weighted by Gasteiger charge is -2.07. The average Bonchev–Trinajstić information content (AvgIpc) is 2.38. The van der Waals surface area contributed by atoms with E-state index < -0.39 is 22.0 Å². The van der Waals surface area contributed by atoms with Crippen molar-refractivity contribution in [3.63, 3.8) is 0 Å². The zero-order valence-corrected chi connectivity index (χ0v) is 12.4. The van der Waals surface area contributed by atoms with E-state index in [2.05, 4.69) is 9.46 Å². The molecule has 0 aliphatic heterocycles. The number of benzene rings is 1. The van der Waals surface area contributed by atoms with Crippen LogP contribution in [0, 0.1) is 0 Å². The Kier molecular flexibility index (Phi) is 6.32. The molecule has 0 amide bonds. The van der Waals surface area contributed by atoms with Crippen LogP contribution < -0.4 is 4.72 Å². The fourth-order valence-corrected chi connectivity index (χ4v) is 2.74. The van der Waals surface area contributed by atoms with Crippen LogP contribution in [-0.4, -0.2) is 38.6 Å². The molecule has 0 radical (unpaired) electrons. The normalized spacial score (nSPS) is 11.1. The number of hydrogen-bond donors (Lipinski definition) is 2. The third-order valence-electron chi connectivity index (χ3n) is 2.49. The van der Waals surface area contributed by atoms with Gasteiger partial charge >= 0.3 is 11.9 Å². The maximum absolute atomic E-state index is 11.8. The Hall–Kier alpha value is -1.93. The van der Waals surface area contributed by atoms with E-state index >= 15 is 0 Å². The molecule has 0 saturated carbocycles. The van der Waals surface area contributed by atoms with Crippen LogP contribution in [0.3, 0.4) is 0 Å². The largest absolute Gasteiger partial charge is 0.478 e. The minimum absolute atomic E-state index is 0.0224. The first-order valence-electron chi connectivity index (χ1n) is 6.29. The summed E-state index contributed by atoms with van der Waals surface area (Å²) in [5.41, 5.74) is 0.382. The van der Waals surface area contributed by atoms with E-state index in [4.69, 9.17) is 5.11 Å². The summed E-state index contributed by atoms with van der Waals surface area (Å²) in [7, 11) is -3.64. The van der Waals surface area contributed by atoms with Crippen LogP contribution in [0.1, 0.15) is 29.3 Å². The summed E-state index contributed by atoms with van der Waals surface area (Å²) in [4.78, 5) is 21.9. The van der Waals surface area contributed by atoms with Crippen molar-refractivity contribution in [1.82, 2.24) is 4.72 Å². The van der Waals surface area contributed by atoms with Gasteiger partial charge in [-0.15, -0.1) is 0 Å². The van der Waals surface area contributed by atoms with Gasteiger partial charge in [-0.25, -0.2) is 17.9 Å². The highest BCUT2D eigenvalue weighted by atomic mass is 32.2. The van der Waals surface area contributed by atoms with E-state index in [0.717, 1.165) is 0 Å². The molecule has 0 heterocycles. The second-order valence-corrected chi connectivity index (χ2v) is 6.02. The van der Waals surface area contributed by atoms with Crippen molar-refractivity contribution in [2.24, 2.45) is 0 Å². The number of aromatic carboxylic acids is 1. The number of nitrogens with one attached hydrogen (secondary N) is 1. The van der Waals surface area contributed by atoms with Gasteiger partial charge in [-0.2, -0.15) is 0 Å². The molecule has 0 aromatic heterocycles. The molecule has 7 nitrogen and oxygen atoms in total. The van der Waals surface area contributed by atoms with E-state index in [-0.39, 0.29) is 30.9 Å². The molecule has 0 aliphatic rings. The van der Waals surface area contributed by atoms with Crippen molar-refractivity contribution in [3.05, 3.63) is 35.4 Å². The molecule has 116 valence electrons. The van der Waals surface area contributed by atoms with Gasteiger partial charge in [-0.1, -0.05) is 12.1 Å². The Morgan fingerprint density at radius 3 is 2.67 bits per heavy atom. The molecule has 2 N–H and O–H groups in total. The van der Waals surface area contributed by atoms with E-state index in [1.54, 1.807) is 6.92 Å². The van der Waals surface area contributed by atoms with Crippen LogP contribution >= 0.6 is 0 Å². The molecular weight excluding hydrogens is 298 g/mol. The summed E-state index contributed by atoms with van der Waals surface area (Å²) in [6, 6.07) is 5.68. The van der Waals surface area contributed by atoms with Crippen LogP contribution in [0.4, 0.5) is 0 Å². The number of hydrogen-bond acceptors (Lipinski definition) is 5. The van der Waals surface area contributed by atoms with Crippen LogP contribution in [0.25, 0.3) is 0 Å². The Balaban J connectivity index is 2.58. The molecule has 1 aromatic rings. The van der Waals surface area contributed by atoms with Gasteiger partial charge in [-0.05, 0) is 24.6 Å². The van der Waals surface area contributed by atoms with Crippen LogP contribution in [0.5, 0.6) is 0 Å². The molecule has 21 heavy (non-hydrogen) atoms. The molecule has 0 aliphatic carbocycles. The second kappa shape index (κ2) is 7.75. The average molecular weight is 315 g/mol. The van der Waals surface area contributed by atoms with E-state index in [9.17, 15) is 18.0 Å². The van der Waals surface area contributed by atoms with Crippen LogP contribution in [0.15, 0.2) is 24.3 Å². The predicted octanol–water partition coefficient (Wildman–Crippen LogP) is 0.757. The number of carboxylic acids is 1. The summed E-state index contributed by atoms with van der Waals surface area (Å²) in [6.45, 7) is 1.85. The third-order valence-corrected chi connectivity index (χ3v) is 3.84. The molecular formula is C13H17NO6S. The van der Waals surface area contributed by atoms with E-state index in [0.29, 0.717) is 5.56 Å². The number of esters is 1. The minimum atomic E-state index is -3.64. The second-order valence-electron chi connectivity index (χ2n) is 4.21. The maximum atomic E-state index is 11.8. The van der Waals surface area contributed by atoms with Crippen molar-refractivity contribution in [2.75, 3.05) is 13.2 Å². The van der Waals surface area contributed by atoms with Gasteiger partial charge in [0.2, 0.25) is 10.0 Å². The molecule has 0 unspecified atom stereocenters. The first kappa shape index (κ1) is 17.1. The van der Waals surface area contributed by atoms with Gasteiger partial charge in [0.25, 0.3) is 0 Å². The quantitative estimate of drug-likeness (QED) is 0.685. The first-order valence-corrected chi connectivity index (χ1v) is 7.94. The summed E-state index contributed by atoms with van der Waals surface area (Å²) in [6.07, 6.45) is -0.0533. The summed E-state index contributed by atoms with van der Waals surface area (Å²) >= 11 is 0. The first-order chi connectivity index (χ1) is 9.84. The lowest BCUT2D eigenvalue weighted by molar-refractivity contribution is -0.142. The van der Waals surface area contributed by atoms with Gasteiger partial charge in [0.15, 0.2) is 0 Å². The fourth-order valence-electron chi connectivity index (χ4n) is 1.61. The zero-order valence-electron chi connectivity index (χ0n) is 11.5. The number of carbonyl (C=O) groups excluding carboxylic acids is 1. The molecule has 1 aromatic carbocycles. The SMILES string of the molecule is CCOC(=O)CCNS(=O)(=O)Cc1cccc(C(=O)O)c1. The van der Waals surface area contributed by atoms with Gasteiger partial charge in [0.1, 0.15) is 0 Å². The summed E-state index contributed by atoms with van der Waals surface area (Å²) in [5, 5.41) is 8.84. The summed E-state index contributed by atoms with van der Waals surface area (Å²) in [5.74, 6) is -1.95. The molecule has 0 spiro atoms. The van der Waals surface area contributed by atoms with Gasteiger partial charge in [0.05, 0.1) is 24.3 Å². The highest BCUT2D eigenvalue weighted by molar-refractivity contribution is 7.88. The Morgan fingerprint density at radius 2 is 2.05 bits per heavy atom. The monoisotopic (exact) mass is 315 g/mol. The number of carbonyl (C=O) groups is 2. The predicted molar refractivity (Wildman–Crippen MR) is 75.3 cm³/mol. The van der Waals surface area contributed by atoms with Gasteiger partial charge < -0.3 is 9.84 Å². The minimum Gasteiger partial charge on any atom is -0.478 e. The Bertz CT molecular complexity index is 611. The molecule has 0 atom stereocenters. The number of carboxylic acid groups (broad SMARTS) is 1. The lowest BCUT2D eigenvalue weighted by Crippen LogP contribution is -2.28. The van der Waals surface area contributed by atoms with Gasteiger partial charge in [0, 0.05) is 6.54 Å². The highest BCUT2D eigenvalue weighted by Gasteiger charge is 2.13. The Morgan fingerprint density at radius 1 is 1.33 bits per heavy atom. The van der Waals surface area contributed by atoms with Crippen LogP contribution in [0.2, 0.25) is 0 Å². The number of rotatable bonds is 8. The molecule has 8 heteroatoms. The molecule has 0 saturated heterocycles. The van der Waals surface area contributed by atoms with Crippen molar-refractivity contribution < 1.29 is 27.9 Å². The highest BCUT2D eigenvalue weighted by Crippen LogP contribution is 2.08. The van der Waals surface area contributed by atoms with Crippen molar-refractivity contribution >= 4 is 22.0 Å². The Labute approximate surface area is 123 Å². The summed E-state index contributed by atoms with van der Waals surface area (Å²) < 4.78 is 30.6. The van der Waals surface area contributed by atoms with E-state index in [1.807, 2.05) is 0 Å². The third kappa shape index (κ3) is 6.37. The van der Waals surface area contributed by atoms with Crippen molar-refractivity contribution in [2.45, 2.75) is 19.1 Å². The molecule has 0 fully saturated rings. The topological polar surface area (TPSA) is 110 Å². The van der Waals surface area contributed by atoms with E-state index in [1.165, 1.54) is 24.3 Å². The van der Waals surface area contributed by atoms with Gasteiger partial charge in [-0.3, -0.25) is 4.79 Å². The standard InChI is InChI=1S/C13H17NO6S/c1-2-20-12(15)6-7-14-21(18,19)9-10-4-3-5-11(8-10)13(16)17/h3-5,8,14H,2,6-7,9H2,1H3,(H,16,17). The maximum Gasteiger partial charge on any atom is 0.335 e. The van der Waals surface area contributed by atoms with Crippen molar-refractivity contribution in [1.29, 1.82) is 0 Å². The zero-order chi connectivity index (χ0) is 15.9. The number of ether oxygens (including phenoxy) is 1. The molecule has 0 bridgehead atoms. The molecule has 1 rings (SSSR count). The smallest absolute Gasteiger partial charge is 0.335 e. The van der Waals surface area contributed by atoms with Crippen LogP contribution in [-0.2, 0) is 25.3 Å². The lowest BCUT2D eigenvalue weighted by atomic mass is 10.1. The fraction of sp³-hybridized carbons (Fsp3) is 0.385. The number of sulfonamides is 1.